The zero-order valence-corrected chi connectivity index (χ0v) is 27.3. The Bertz CT molecular complexity index is 1520. The van der Waals surface area contributed by atoms with Crippen molar-refractivity contribution in [3.05, 3.63) is 89.3 Å². The van der Waals surface area contributed by atoms with E-state index in [0.29, 0.717) is 0 Å². The Morgan fingerprint density at radius 1 is 0.975 bits per heavy atom. The minimum atomic E-state index is -0.0845. The van der Waals surface area contributed by atoms with E-state index < -0.39 is 0 Å². The van der Waals surface area contributed by atoms with Gasteiger partial charge in [-0.15, -0.1) is 29.1 Å². The fourth-order valence-electron chi connectivity index (χ4n) is 6.06. The maximum atomic E-state index is 11.7. The van der Waals surface area contributed by atoms with E-state index in [1.54, 1.807) is 0 Å². The van der Waals surface area contributed by atoms with Gasteiger partial charge in [-0.1, -0.05) is 88.4 Å². The molecule has 0 amide bonds. The number of nitrogens with zero attached hydrogens (tertiary/aromatic N) is 1. The van der Waals surface area contributed by atoms with Crippen LogP contribution in [0.15, 0.2) is 66.6 Å². The number of aryl methyl sites for hydroxylation is 1. The molecule has 0 saturated carbocycles. The van der Waals surface area contributed by atoms with Crippen molar-refractivity contribution in [2.24, 2.45) is 11.8 Å². The number of hydrogen-bond donors (Lipinski definition) is 1. The molecule has 1 N–H and O–H groups in total. The number of benzene rings is 3. The topological polar surface area (TPSA) is 50.2 Å². The number of aliphatic hydroxyl groups excluding tert-OH is 1. The first kappa shape index (κ1) is 31.7. The standard InChI is InChI=1S/C23H18N.C13H24O2.Ir/c1-14-10-11-17-16(12-14)13-24-22-18-8-4-6-15-7-5-9-19(20(15)18)23(2,3)21(17)22;1-5-10(6-2)12(14)9-13(15)11(7-3)8-4;/h4-7,9-13H,1-3H3;9-11,14H,5-8H2,1-4H3;/q-1;;/b;12-9-;. The van der Waals surface area contributed by atoms with Crippen LogP contribution in [0.4, 0.5) is 0 Å². The summed E-state index contributed by atoms with van der Waals surface area (Å²) in [6, 6.07) is 20.9. The monoisotopic (exact) mass is 713 g/mol. The molecule has 0 spiro atoms. The third-order valence-electron chi connectivity index (χ3n) is 8.50. The molecule has 0 unspecified atom stereocenters. The van der Waals surface area contributed by atoms with E-state index in [9.17, 15) is 9.90 Å². The first-order chi connectivity index (χ1) is 18.7. The number of pyridine rings is 1. The molecule has 1 aromatic heterocycles. The number of aromatic nitrogens is 1. The Hall–Kier alpha value is -2.81. The van der Waals surface area contributed by atoms with Crippen molar-refractivity contribution >= 4 is 27.3 Å². The van der Waals surface area contributed by atoms with Crippen LogP contribution in [0.25, 0.3) is 32.8 Å². The van der Waals surface area contributed by atoms with Gasteiger partial charge in [-0.05, 0) is 60.7 Å². The van der Waals surface area contributed by atoms with Crippen molar-refractivity contribution in [3.8, 4) is 11.3 Å². The van der Waals surface area contributed by atoms with Crippen LogP contribution >= 0.6 is 0 Å². The summed E-state index contributed by atoms with van der Waals surface area (Å²) in [5.74, 6) is 0.547. The first-order valence-corrected chi connectivity index (χ1v) is 14.5. The van der Waals surface area contributed by atoms with Gasteiger partial charge in [0.15, 0.2) is 5.78 Å². The van der Waals surface area contributed by atoms with E-state index in [1.807, 2.05) is 40.0 Å². The molecule has 0 atom stereocenters. The van der Waals surface area contributed by atoms with Crippen molar-refractivity contribution in [1.82, 2.24) is 4.98 Å². The molecule has 1 radical (unpaired) electrons. The third kappa shape index (κ3) is 5.94. The predicted molar refractivity (Wildman–Crippen MR) is 164 cm³/mol. The minimum Gasteiger partial charge on any atom is -0.512 e. The van der Waals surface area contributed by atoms with Gasteiger partial charge in [-0.2, -0.15) is 0 Å². The Morgan fingerprint density at radius 2 is 1.65 bits per heavy atom. The average molecular weight is 713 g/mol. The molecule has 213 valence electrons. The predicted octanol–water partition coefficient (Wildman–Crippen LogP) is 9.67. The Morgan fingerprint density at radius 3 is 2.30 bits per heavy atom. The van der Waals surface area contributed by atoms with E-state index in [4.69, 9.17) is 4.98 Å². The molecule has 0 fully saturated rings. The number of aliphatic hydroxyl groups is 1. The molecule has 0 saturated heterocycles. The van der Waals surface area contributed by atoms with Crippen LogP contribution in [-0.4, -0.2) is 15.9 Å². The van der Waals surface area contributed by atoms with Crippen LogP contribution in [0.2, 0.25) is 0 Å². The zero-order valence-electron chi connectivity index (χ0n) is 24.9. The van der Waals surface area contributed by atoms with Crippen LogP contribution in [0.5, 0.6) is 0 Å². The van der Waals surface area contributed by atoms with E-state index in [0.717, 1.165) is 36.9 Å². The van der Waals surface area contributed by atoms with Gasteiger partial charge >= 0.3 is 0 Å². The van der Waals surface area contributed by atoms with Gasteiger partial charge in [-0.3, -0.25) is 4.79 Å². The summed E-state index contributed by atoms with van der Waals surface area (Å²) in [4.78, 5) is 16.6. The molecule has 3 aromatic carbocycles. The maximum absolute atomic E-state index is 11.7. The van der Waals surface area contributed by atoms with Crippen LogP contribution < -0.4 is 0 Å². The molecule has 3 nitrogen and oxygen atoms in total. The van der Waals surface area contributed by atoms with E-state index in [1.165, 1.54) is 44.3 Å². The number of ketones is 1. The third-order valence-corrected chi connectivity index (χ3v) is 8.50. The molecule has 1 aliphatic carbocycles. The van der Waals surface area contributed by atoms with Gasteiger partial charge in [-0.25, -0.2) is 0 Å². The van der Waals surface area contributed by atoms with Crippen molar-refractivity contribution in [2.45, 2.75) is 79.6 Å². The second kappa shape index (κ2) is 13.2. The van der Waals surface area contributed by atoms with E-state index in [-0.39, 0.29) is 48.9 Å². The van der Waals surface area contributed by atoms with Gasteiger partial charge in [0.05, 0.1) is 5.76 Å². The minimum absolute atomic E-state index is 0. The number of fused-ring (bicyclic) bond motifs is 4. The summed E-state index contributed by atoms with van der Waals surface area (Å²) >= 11 is 0. The Kier molecular flexibility index (Phi) is 10.5. The van der Waals surface area contributed by atoms with Crippen molar-refractivity contribution in [3.63, 3.8) is 0 Å². The normalized spacial score (nSPS) is 13.6. The number of carbonyl (C=O) groups excluding carboxylic acids is 1. The molecule has 4 heteroatoms. The summed E-state index contributed by atoms with van der Waals surface area (Å²) in [7, 11) is 0. The summed E-state index contributed by atoms with van der Waals surface area (Å²) in [6.45, 7) is 14.8. The molecule has 4 aromatic rings. The molecule has 5 rings (SSSR count). The second-order valence-corrected chi connectivity index (χ2v) is 11.3. The second-order valence-electron chi connectivity index (χ2n) is 11.3. The smallest absolute Gasteiger partial charge is 0.162 e. The molecule has 40 heavy (non-hydrogen) atoms. The van der Waals surface area contributed by atoms with Crippen LogP contribution in [0.1, 0.15) is 83.9 Å². The number of allylic oxidation sites excluding steroid dienone is 2. The molecule has 1 aliphatic rings. The number of carbonyl (C=O) groups is 1. The quantitative estimate of drug-likeness (QED) is 0.118. The summed E-state index contributed by atoms with van der Waals surface area (Å²) in [5, 5.41) is 14.8. The Balaban J connectivity index is 0.000000243. The fraction of sp³-hybridized carbons (Fsp3) is 0.389. The SMILES string of the molecule is CCC(CC)C(=O)/C=C(\O)C(CC)CC.Cc1ccc2c3c(ncc2c1)-c1[c-]ccc2cccc(c12)C3(C)C.[Ir]. The number of rotatable bonds is 7. The fourth-order valence-corrected chi connectivity index (χ4v) is 6.06. The van der Waals surface area contributed by atoms with Gasteiger partial charge < -0.3 is 10.1 Å². The van der Waals surface area contributed by atoms with Crippen LogP contribution in [-0.2, 0) is 30.3 Å². The summed E-state index contributed by atoms with van der Waals surface area (Å²) < 4.78 is 0. The van der Waals surface area contributed by atoms with Gasteiger partial charge in [0.1, 0.15) is 0 Å². The Labute approximate surface area is 253 Å². The van der Waals surface area contributed by atoms with Crippen molar-refractivity contribution in [1.29, 1.82) is 0 Å². The largest absolute Gasteiger partial charge is 0.512 e. The number of hydrogen-bond acceptors (Lipinski definition) is 3. The molecule has 0 bridgehead atoms. The van der Waals surface area contributed by atoms with Crippen LogP contribution in [0, 0.1) is 24.8 Å². The first-order valence-electron chi connectivity index (χ1n) is 14.5. The van der Waals surface area contributed by atoms with Crippen molar-refractivity contribution in [2.75, 3.05) is 0 Å². The van der Waals surface area contributed by atoms with E-state index in [2.05, 4.69) is 69.3 Å². The molecular weight excluding hydrogens is 671 g/mol. The molecule has 1 heterocycles. The van der Waals surface area contributed by atoms with Gasteiger partial charge in [0.25, 0.3) is 0 Å². The maximum Gasteiger partial charge on any atom is 0.162 e. The molecule has 0 aliphatic heterocycles. The zero-order chi connectivity index (χ0) is 28.3. The van der Waals surface area contributed by atoms with Crippen molar-refractivity contribution < 1.29 is 30.0 Å². The van der Waals surface area contributed by atoms with Crippen LogP contribution in [0.3, 0.4) is 0 Å². The van der Waals surface area contributed by atoms with E-state index >= 15 is 0 Å². The average Bonchev–Trinajstić information content (AvgIpc) is 2.92. The molecular formula is C36H42IrNO2-. The summed E-state index contributed by atoms with van der Waals surface area (Å²) in [6.07, 6.45) is 6.92. The van der Waals surface area contributed by atoms with Gasteiger partial charge in [0.2, 0.25) is 0 Å². The summed E-state index contributed by atoms with van der Waals surface area (Å²) in [5.41, 5.74) is 6.10. The van der Waals surface area contributed by atoms with Gasteiger partial charge in [0, 0.05) is 49.6 Å².